The molecular weight excluding hydrogens is 226 g/mol. The maximum absolute atomic E-state index is 4.27. The van der Waals surface area contributed by atoms with Crippen molar-refractivity contribution in [1.29, 1.82) is 0 Å². The van der Waals surface area contributed by atoms with Crippen LogP contribution in [0.15, 0.2) is 18.7 Å². The van der Waals surface area contributed by atoms with Gasteiger partial charge in [-0.15, -0.1) is 10.2 Å². The first kappa shape index (κ1) is 12.4. The minimum atomic E-state index is 0.843. The first-order valence-electron chi connectivity index (χ1n) is 6.07. The number of hydrogen-bond donors (Lipinski definition) is 1. The van der Waals surface area contributed by atoms with Gasteiger partial charge in [0.1, 0.15) is 6.33 Å². The Morgan fingerprint density at radius 1 is 1.06 bits per heavy atom. The van der Waals surface area contributed by atoms with E-state index in [0.717, 1.165) is 41.2 Å². The fourth-order valence-corrected chi connectivity index (χ4v) is 1.71. The molecule has 0 unspecified atom stereocenters. The molecule has 0 atom stereocenters. The molecule has 5 heteroatoms. The van der Waals surface area contributed by atoms with Crippen LogP contribution in [0.1, 0.15) is 24.5 Å². The average Bonchev–Trinajstić information content (AvgIpc) is 2.41. The van der Waals surface area contributed by atoms with E-state index in [4.69, 9.17) is 0 Å². The second kappa shape index (κ2) is 5.53. The number of nitrogens with one attached hydrogen (secondary N) is 1. The fraction of sp³-hybridized carbons (Fsp3) is 0.385. The van der Waals surface area contributed by atoms with E-state index in [1.54, 1.807) is 12.4 Å². The van der Waals surface area contributed by atoms with Crippen LogP contribution < -0.4 is 5.32 Å². The molecule has 0 fully saturated rings. The lowest BCUT2D eigenvalue weighted by atomic mass is 10.1. The largest absolute Gasteiger partial charge is 0.368 e. The molecule has 0 bridgehead atoms. The Labute approximate surface area is 107 Å². The van der Waals surface area contributed by atoms with Gasteiger partial charge < -0.3 is 5.32 Å². The van der Waals surface area contributed by atoms with Gasteiger partial charge in [-0.05, 0) is 31.4 Å². The summed E-state index contributed by atoms with van der Waals surface area (Å²) in [5.74, 6) is 0.856. The second-order valence-corrected chi connectivity index (χ2v) is 4.20. The molecule has 0 aromatic carbocycles. The van der Waals surface area contributed by atoms with Crippen LogP contribution in [0.3, 0.4) is 0 Å². The lowest BCUT2D eigenvalue weighted by Crippen LogP contribution is -2.07. The summed E-state index contributed by atoms with van der Waals surface area (Å²) in [5.41, 5.74) is 3.97. The molecule has 0 saturated heterocycles. The maximum atomic E-state index is 4.27. The summed E-state index contributed by atoms with van der Waals surface area (Å²) in [7, 11) is 0. The molecule has 0 aliphatic carbocycles. The SMILES string of the molecule is CCCNc1nnc(-c2cncnc2)c(C)c1C. The van der Waals surface area contributed by atoms with E-state index in [1.807, 2.05) is 6.92 Å². The van der Waals surface area contributed by atoms with Crippen molar-refractivity contribution in [3.63, 3.8) is 0 Å². The molecule has 0 aliphatic heterocycles. The van der Waals surface area contributed by atoms with E-state index < -0.39 is 0 Å². The van der Waals surface area contributed by atoms with Gasteiger partial charge in [-0.25, -0.2) is 9.97 Å². The number of hydrogen-bond acceptors (Lipinski definition) is 5. The number of nitrogens with zero attached hydrogens (tertiary/aromatic N) is 4. The molecule has 0 aliphatic rings. The zero-order chi connectivity index (χ0) is 13.0. The van der Waals surface area contributed by atoms with Crippen molar-refractivity contribution in [1.82, 2.24) is 20.2 Å². The Morgan fingerprint density at radius 3 is 2.44 bits per heavy atom. The number of rotatable bonds is 4. The number of anilines is 1. The van der Waals surface area contributed by atoms with Crippen molar-refractivity contribution in [2.45, 2.75) is 27.2 Å². The first-order chi connectivity index (χ1) is 8.74. The Morgan fingerprint density at radius 2 is 1.78 bits per heavy atom. The van der Waals surface area contributed by atoms with Crippen molar-refractivity contribution in [3.05, 3.63) is 29.8 Å². The van der Waals surface area contributed by atoms with Crippen LogP contribution in [0.4, 0.5) is 5.82 Å². The van der Waals surface area contributed by atoms with Gasteiger partial charge in [0.05, 0.1) is 5.69 Å². The molecule has 1 N–H and O–H groups in total. The molecule has 2 aromatic heterocycles. The molecule has 94 valence electrons. The average molecular weight is 243 g/mol. The van der Waals surface area contributed by atoms with Crippen LogP contribution in [-0.2, 0) is 0 Å². The molecule has 2 heterocycles. The van der Waals surface area contributed by atoms with Crippen LogP contribution in [0.25, 0.3) is 11.3 Å². The van der Waals surface area contributed by atoms with Gasteiger partial charge in [0, 0.05) is 24.5 Å². The quantitative estimate of drug-likeness (QED) is 0.893. The summed E-state index contributed by atoms with van der Waals surface area (Å²) in [6.45, 7) is 7.12. The lowest BCUT2D eigenvalue weighted by molar-refractivity contribution is 0.931. The summed E-state index contributed by atoms with van der Waals surface area (Å²) in [6, 6.07) is 0. The van der Waals surface area contributed by atoms with E-state index in [2.05, 4.69) is 39.3 Å². The first-order valence-corrected chi connectivity index (χ1v) is 6.07. The molecule has 0 amide bonds. The molecule has 2 aromatic rings. The Bertz CT molecular complexity index is 524. The van der Waals surface area contributed by atoms with Gasteiger partial charge in [-0.2, -0.15) is 0 Å². The van der Waals surface area contributed by atoms with E-state index in [9.17, 15) is 0 Å². The summed E-state index contributed by atoms with van der Waals surface area (Å²) in [4.78, 5) is 8.02. The smallest absolute Gasteiger partial charge is 0.151 e. The van der Waals surface area contributed by atoms with Crippen molar-refractivity contribution in [3.8, 4) is 11.3 Å². The van der Waals surface area contributed by atoms with Gasteiger partial charge in [-0.1, -0.05) is 6.92 Å². The highest BCUT2D eigenvalue weighted by atomic mass is 15.2. The van der Waals surface area contributed by atoms with Crippen LogP contribution in [0.2, 0.25) is 0 Å². The van der Waals surface area contributed by atoms with Crippen LogP contribution in [0, 0.1) is 13.8 Å². The highest BCUT2D eigenvalue weighted by molar-refractivity contribution is 5.64. The van der Waals surface area contributed by atoms with Crippen molar-refractivity contribution in [2.75, 3.05) is 11.9 Å². The predicted molar refractivity (Wildman–Crippen MR) is 71.3 cm³/mol. The van der Waals surface area contributed by atoms with Gasteiger partial charge in [0.15, 0.2) is 5.82 Å². The van der Waals surface area contributed by atoms with E-state index in [1.165, 1.54) is 6.33 Å². The third-order valence-corrected chi connectivity index (χ3v) is 2.90. The van der Waals surface area contributed by atoms with Gasteiger partial charge in [0.25, 0.3) is 0 Å². The van der Waals surface area contributed by atoms with Crippen LogP contribution in [-0.4, -0.2) is 26.7 Å². The number of aromatic nitrogens is 4. The molecule has 2 rings (SSSR count). The van der Waals surface area contributed by atoms with E-state index >= 15 is 0 Å². The van der Waals surface area contributed by atoms with E-state index in [-0.39, 0.29) is 0 Å². The summed E-state index contributed by atoms with van der Waals surface area (Å²) < 4.78 is 0. The fourth-order valence-electron chi connectivity index (χ4n) is 1.71. The minimum absolute atomic E-state index is 0.843. The van der Waals surface area contributed by atoms with Crippen molar-refractivity contribution in [2.24, 2.45) is 0 Å². The highest BCUT2D eigenvalue weighted by Crippen LogP contribution is 2.24. The normalized spacial score (nSPS) is 10.4. The molecule has 0 spiro atoms. The third-order valence-electron chi connectivity index (χ3n) is 2.90. The zero-order valence-corrected chi connectivity index (χ0v) is 10.9. The van der Waals surface area contributed by atoms with Gasteiger partial charge in [-0.3, -0.25) is 0 Å². The topological polar surface area (TPSA) is 63.6 Å². The summed E-state index contributed by atoms with van der Waals surface area (Å²) in [6.07, 6.45) is 6.08. The molecule has 18 heavy (non-hydrogen) atoms. The summed E-state index contributed by atoms with van der Waals surface area (Å²) in [5, 5.41) is 11.8. The zero-order valence-electron chi connectivity index (χ0n) is 10.9. The van der Waals surface area contributed by atoms with Crippen molar-refractivity contribution >= 4 is 5.82 Å². The maximum Gasteiger partial charge on any atom is 0.151 e. The summed E-state index contributed by atoms with van der Waals surface area (Å²) >= 11 is 0. The van der Waals surface area contributed by atoms with Gasteiger partial charge >= 0.3 is 0 Å². The van der Waals surface area contributed by atoms with E-state index in [0.29, 0.717) is 0 Å². The molecule has 5 nitrogen and oxygen atoms in total. The standard InChI is InChI=1S/C13H17N5/c1-4-5-16-13-10(3)9(2)12(17-18-13)11-6-14-8-15-7-11/h6-8H,4-5H2,1-3H3,(H,16,18). The Hall–Kier alpha value is -2.04. The lowest BCUT2D eigenvalue weighted by Gasteiger charge is -2.11. The van der Waals surface area contributed by atoms with Crippen LogP contribution in [0.5, 0.6) is 0 Å². The predicted octanol–water partition coefficient (Wildman–Crippen LogP) is 2.37. The Balaban J connectivity index is 2.38. The highest BCUT2D eigenvalue weighted by Gasteiger charge is 2.11. The molecule has 0 saturated carbocycles. The van der Waals surface area contributed by atoms with Gasteiger partial charge in [0.2, 0.25) is 0 Å². The third kappa shape index (κ3) is 2.45. The Kier molecular flexibility index (Phi) is 3.82. The second-order valence-electron chi connectivity index (χ2n) is 4.20. The molecule has 0 radical (unpaired) electrons. The van der Waals surface area contributed by atoms with Crippen LogP contribution >= 0.6 is 0 Å². The minimum Gasteiger partial charge on any atom is -0.368 e. The monoisotopic (exact) mass is 243 g/mol. The van der Waals surface area contributed by atoms with Crippen molar-refractivity contribution < 1.29 is 0 Å². The molecular formula is C13H17N5.